The first-order valence-electron chi connectivity index (χ1n) is 9.24. The summed E-state index contributed by atoms with van der Waals surface area (Å²) < 4.78 is 2.57. The number of aromatic nitrogens is 2. The number of thiazole rings is 1. The van der Waals surface area contributed by atoms with Gasteiger partial charge in [0.15, 0.2) is 0 Å². The largest absolute Gasteiger partial charge is 0.481 e. The first kappa shape index (κ1) is 19.6. The molecule has 0 spiro atoms. The summed E-state index contributed by atoms with van der Waals surface area (Å²) in [5.41, 5.74) is 8.99. The van der Waals surface area contributed by atoms with E-state index in [1.807, 2.05) is 5.51 Å². The Morgan fingerprint density at radius 3 is 2.74 bits per heavy atom. The molecule has 0 bridgehead atoms. The molecule has 0 aliphatic carbocycles. The molecule has 5 nitrogen and oxygen atoms in total. The Labute approximate surface area is 164 Å². The molecule has 3 aromatic rings. The lowest BCUT2D eigenvalue weighted by Crippen LogP contribution is -2.27. The number of aryl methyl sites for hydroxylation is 4. The fraction of sp³-hybridized carbons (Fsp3) is 0.429. The zero-order chi connectivity index (χ0) is 19.6. The fourth-order valence-corrected chi connectivity index (χ4v) is 4.50. The predicted octanol–water partition coefficient (Wildman–Crippen LogP) is 4.04. The number of rotatable bonds is 3. The van der Waals surface area contributed by atoms with Gasteiger partial charge in [0.2, 0.25) is 0 Å². The Hall–Kier alpha value is -2.18. The summed E-state index contributed by atoms with van der Waals surface area (Å²) in [6.07, 6.45) is 2.23. The molecule has 1 aliphatic heterocycles. The van der Waals surface area contributed by atoms with Gasteiger partial charge in [-0.05, 0) is 38.6 Å². The first-order chi connectivity index (χ1) is 12.9. The standard InChI is InChI=1S/C19H23N3S.C2H4O2/c1-13-4-5-17-15(10-13)16-11-21(3)8-6-18(16)22(17)9-7-19-14(2)20-12-23-19;1-2(3)4/h4-5,10,12H,6-9,11H2,1-3H3;1H3,(H,3,4). The number of carboxylic acid groups (broad SMARTS) is 1. The van der Waals surface area contributed by atoms with E-state index in [1.165, 1.54) is 27.0 Å². The van der Waals surface area contributed by atoms with Gasteiger partial charge in [0.25, 0.3) is 5.97 Å². The molecule has 144 valence electrons. The molecule has 2 aromatic heterocycles. The highest BCUT2D eigenvalue weighted by Gasteiger charge is 2.22. The van der Waals surface area contributed by atoms with Crippen LogP contribution >= 0.6 is 11.3 Å². The monoisotopic (exact) mass is 385 g/mol. The molecular weight excluding hydrogens is 358 g/mol. The van der Waals surface area contributed by atoms with Crippen molar-refractivity contribution in [3.8, 4) is 0 Å². The third-order valence-electron chi connectivity index (χ3n) is 5.01. The molecule has 1 aromatic carbocycles. The van der Waals surface area contributed by atoms with Crippen molar-refractivity contribution in [2.45, 2.75) is 46.7 Å². The molecule has 3 heterocycles. The topological polar surface area (TPSA) is 58.4 Å². The maximum atomic E-state index is 9.00. The summed E-state index contributed by atoms with van der Waals surface area (Å²) in [7, 11) is 2.22. The number of nitrogens with zero attached hydrogens (tertiary/aromatic N) is 3. The smallest absolute Gasteiger partial charge is 0.300 e. The molecule has 0 radical (unpaired) electrons. The lowest BCUT2D eigenvalue weighted by atomic mass is 10.0. The van der Waals surface area contributed by atoms with E-state index in [0.29, 0.717) is 0 Å². The minimum absolute atomic E-state index is 0.833. The molecule has 0 atom stereocenters. The highest BCUT2D eigenvalue weighted by atomic mass is 32.1. The Morgan fingerprint density at radius 2 is 2.07 bits per heavy atom. The van der Waals surface area contributed by atoms with Gasteiger partial charge in [0.1, 0.15) is 0 Å². The van der Waals surface area contributed by atoms with Crippen molar-refractivity contribution in [3.63, 3.8) is 0 Å². The van der Waals surface area contributed by atoms with E-state index in [0.717, 1.165) is 39.4 Å². The lowest BCUT2D eigenvalue weighted by molar-refractivity contribution is -0.134. The molecule has 4 rings (SSSR count). The van der Waals surface area contributed by atoms with E-state index in [4.69, 9.17) is 9.90 Å². The second-order valence-electron chi connectivity index (χ2n) is 7.22. The van der Waals surface area contributed by atoms with E-state index in [9.17, 15) is 0 Å². The second kappa shape index (κ2) is 8.23. The van der Waals surface area contributed by atoms with Crippen LogP contribution in [0, 0.1) is 13.8 Å². The van der Waals surface area contributed by atoms with Crippen molar-refractivity contribution < 1.29 is 9.90 Å². The Balaban J connectivity index is 0.000000481. The molecule has 0 saturated heterocycles. The Morgan fingerprint density at radius 1 is 1.33 bits per heavy atom. The molecule has 0 unspecified atom stereocenters. The molecular formula is C21H27N3O2S. The van der Waals surface area contributed by atoms with Gasteiger partial charge >= 0.3 is 0 Å². The van der Waals surface area contributed by atoms with Crippen molar-refractivity contribution in [2.75, 3.05) is 13.6 Å². The van der Waals surface area contributed by atoms with E-state index >= 15 is 0 Å². The van der Waals surface area contributed by atoms with Crippen LogP contribution in [0.15, 0.2) is 23.7 Å². The predicted molar refractivity (Wildman–Crippen MR) is 111 cm³/mol. The third-order valence-corrected chi connectivity index (χ3v) is 6.00. The van der Waals surface area contributed by atoms with Crippen LogP contribution in [0.2, 0.25) is 0 Å². The van der Waals surface area contributed by atoms with Crippen LogP contribution in [-0.4, -0.2) is 39.1 Å². The summed E-state index contributed by atoms with van der Waals surface area (Å²) in [6.45, 7) is 8.68. The Bertz CT molecular complexity index is 954. The summed E-state index contributed by atoms with van der Waals surface area (Å²) in [6, 6.07) is 6.91. The number of hydrogen-bond donors (Lipinski definition) is 1. The first-order valence-corrected chi connectivity index (χ1v) is 10.1. The highest BCUT2D eigenvalue weighted by molar-refractivity contribution is 7.09. The quantitative estimate of drug-likeness (QED) is 0.739. The van der Waals surface area contributed by atoms with Gasteiger partial charge in [-0.1, -0.05) is 11.6 Å². The number of carbonyl (C=O) groups is 1. The maximum Gasteiger partial charge on any atom is 0.300 e. The number of carboxylic acids is 1. The number of likely N-dealkylation sites (N-methyl/N-ethyl adjacent to an activating group) is 1. The van der Waals surface area contributed by atoms with Gasteiger partial charge in [-0.15, -0.1) is 11.3 Å². The SMILES string of the molecule is CC(=O)O.Cc1ccc2c(c1)c1c(n2CCc2scnc2C)CCN(C)C1. The van der Waals surface area contributed by atoms with Crippen molar-refractivity contribution in [3.05, 3.63) is 51.1 Å². The summed E-state index contributed by atoms with van der Waals surface area (Å²) >= 11 is 1.78. The van der Waals surface area contributed by atoms with Gasteiger partial charge in [-0.3, -0.25) is 4.79 Å². The number of benzene rings is 1. The average Bonchev–Trinajstić information content (AvgIpc) is 3.13. The third kappa shape index (κ3) is 4.39. The van der Waals surface area contributed by atoms with Crippen LogP contribution < -0.4 is 0 Å². The summed E-state index contributed by atoms with van der Waals surface area (Å²) in [4.78, 5) is 17.2. The minimum Gasteiger partial charge on any atom is -0.481 e. The van der Waals surface area contributed by atoms with E-state index in [2.05, 4.69) is 53.5 Å². The van der Waals surface area contributed by atoms with Gasteiger partial charge < -0.3 is 14.6 Å². The van der Waals surface area contributed by atoms with Gasteiger partial charge in [0, 0.05) is 60.9 Å². The molecule has 27 heavy (non-hydrogen) atoms. The van der Waals surface area contributed by atoms with Crippen molar-refractivity contribution in [1.29, 1.82) is 0 Å². The van der Waals surface area contributed by atoms with Crippen molar-refractivity contribution in [2.24, 2.45) is 0 Å². The molecule has 1 N–H and O–H groups in total. The number of fused-ring (bicyclic) bond motifs is 3. The molecule has 0 saturated carbocycles. The molecule has 0 fully saturated rings. The van der Waals surface area contributed by atoms with Crippen LogP contribution in [0.25, 0.3) is 10.9 Å². The maximum absolute atomic E-state index is 9.00. The summed E-state index contributed by atoms with van der Waals surface area (Å²) in [5, 5.41) is 8.87. The fourth-order valence-electron chi connectivity index (χ4n) is 3.73. The number of aliphatic carboxylic acids is 1. The van der Waals surface area contributed by atoms with Gasteiger partial charge in [-0.25, -0.2) is 4.98 Å². The van der Waals surface area contributed by atoms with Crippen LogP contribution in [0.4, 0.5) is 0 Å². The second-order valence-corrected chi connectivity index (χ2v) is 8.15. The zero-order valence-electron chi connectivity index (χ0n) is 16.5. The minimum atomic E-state index is -0.833. The van der Waals surface area contributed by atoms with Gasteiger partial charge in [0.05, 0.1) is 11.2 Å². The molecule has 6 heteroatoms. The van der Waals surface area contributed by atoms with Crippen molar-refractivity contribution >= 4 is 28.2 Å². The van der Waals surface area contributed by atoms with Gasteiger partial charge in [-0.2, -0.15) is 0 Å². The van der Waals surface area contributed by atoms with E-state index < -0.39 is 5.97 Å². The van der Waals surface area contributed by atoms with E-state index in [-0.39, 0.29) is 0 Å². The zero-order valence-corrected chi connectivity index (χ0v) is 17.3. The van der Waals surface area contributed by atoms with Crippen molar-refractivity contribution in [1.82, 2.24) is 14.5 Å². The van der Waals surface area contributed by atoms with Crippen LogP contribution in [0.5, 0.6) is 0 Å². The molecule has 1 aliphatic rings. The van der Waals surface area contributed by atoms with E-state index in [1.54, 1.807) is 22.6 Å². The summed E-state index contributed by atoms with van der Waals surface area (Å²) in [5.74, 6) is -0.833. The number of hydrogen-bond acceptors (Lipinski definition) is 4. The lowest BCUT2D eigenvalue weighted by Gasteiger charge is -2.24. The average molecular weight is 386 g/mol. The molecule has 0 amide bonds. The Kier molecular flexibility index (Phi) is 5.97. The van der Waals surface area contributed by atoms with Crippen LogP contribution in [0.3, 0.4) is 0 Å². The van der Waals surface area contributed by atoms with Crippen LogP contribution in [0.1, 0.15) is 34.3 Å². The highest BCUT2D eigenvalue weighted by Crippen LogP contribution is 2.31. The normalized spacial score (nSPS) is 13.9. The van der Waals surface area contributed by atoms with Crippen LogP contribution in [-0.2, 0) is 30.7 Å².